The van der Waals surface area contributed by atoms with Gasteiger partial charge in [-0.05, 0) is 31.0 Å². The molecule has 1 aliphatic heterocycles. The molecule has 1 aliphatic rings. The Morgan fingerprint density at radius 3 is 2.74 bits per heavy atom. The van der Waals surface area contributed by atoms with Gasteiger partial charge in [-0.1, -0.05) is 6.92 Å². The SMILES string of the molecule is CC(c1cc(F)ccc1O)N1C[C@@H](C)[C@H](C(=O)O)C1. The van der Waals surface area contributed by atoms with E-state index in [1.54, 1.807) is 0 Å². The van der Waals surface area contributed by atoms with Gasteiger partial charge < -0.3 is 10.2 Å². The van der Waals surface area contributed by atoms with Crippen molar-refractivity contribution in [3.63, 3.8) is 0 Å². The Bertz CT molecular complexity index is 492. The fourth-order valence-electron chi connectivity index (χ4n) is 2.70. The van der Waals surface area contributed by atoms with Gasteiger partial charge in [-0.25, -0.2) is 4.39 Å². The number of phenols is 1. The van der Waals surface area contributed by atoms with Gasteiger partial charge in [0.05, 0.1) is 5.92 Å². The highest BCUT2D eigenvalue weighted by Gasteiger charge is 2.37. The van der Waals surface area contributed by atoms with Crippen molar-refractivity contribution in [2.45, 2.75) is 19.9 Å². The number of nitrogens with zero attached hydrogens (tertiary/aromatic N) is 1. The molecule has 0 saturated carbocycles. The maximum atomic E-state index is 13.3. The fourth-order valence-corrected chi connectivity index (χ4v) is 2.70. The van der Waals surface area contributed by atoms with Crippen LogP contribution in [0.3, 0.4) is 0 Å². The van der Waals surface area contributed by atoms with Crippen LogP contribution in [0.5, 0.6) is 5.75 Å². The Balaban J connectivity index is 2.19. The van der Waals surface area contributed by atoms with Gasteiger partial charge in [-0.3, -0.25) is 9.69 Å². The Kier molecular flexibility index (Phi) is 3.75. The number of benzene rings is 1. The first-order chi connectivity index (χ1) is 8.90. The molecule has 1 unspecified atom stereocenters. The number of halogens is 1. The van der Waals surface area contributed by atoms with E-state index in [0.717, 1.165) is 0 Å². The molecule has 2 rings (SSSR count). The van der Waals surface area contributed by atoms with Crippen molar-refractivity contribution in [1.29, 1.82) is 0 Å². The number of aromatic hydroxyl groups is 1. The van der Waals surface area contributed by atoms with Crippen LogP contribution in [0.15, 0.2) is 18.2 Å². The van der Waals surface area contributed by atoms with Crippen molar-refractivity contribution in [2.24, 2.45) is 11.8 Å². The lowest BCUT2D eigenvalue weighted by Crippen LogP contribution is -2.26. The molecule has 1 fully saturated rings. The molecular formula is C14H18FNO3. The van der Waals surface area contributed by atoms with Crippen LogP contribution in [0.2, 0.25) is 0 Å². The van der Waals surface area contributed by atoms with Gasteiger partial charge in [0.15, 0.2) is 0 Å². The van der Waals surface area contributed by atoms with Crippen molar-refractivity contribution in [3.8, 4) is 5.75 Å². The highest BCUT2D eigenvalue weighted by molar-refractivity contribution is 5.71. The summed E-state index contributed by atoms with van der Waals surface area (Å²) in [5.74, 6) is -1.51. The molecule has 0 radical (unpaired) electrons. The van der Waals surface area contributed by atoms with E-state index in [2.05, 4.69) is 0 Å². The summed E-state index contributed by atoms with van der Waals surface area (Å²) in [5.41, 5.74) is 0.498. The average molecular weight is 267 g/mol. The minimum atomic E-state index is -0.800. The van der Waals surface area contributed by atoms with Crippen LogP contribution in [0, 0.1) is 17.7 Å². The zero-order chi connectivity index (χ0) is 14.2. The third-order valence-electron chi connectivity index (χ3n) is 3.95. The molecule has 3 atom stereocenters. The zero-order valence-electron chi connectivity index (χ0n) is 11.0. The predicted octanol–water partition coefficient (Wildman–Crippen LogP) is 2.24. The largest absolute Gasteiger partial charge is 0.508 e. The van der Waals surface area contributed by atoms with Gasteiger partial charge in [0.25, 0.3) is 0 Å². The summed E-state index contributed by atoms with van der Waals surface area (Å²) in [4.78, 5) is 13.1. The zero-order valence-corrected chi connectivity index (χ0v) is 11.0. The summed E-state index contributed by atoms with van der Waals surface area (Å²) in [6.07, 6.45) is 0. The smallest absolute Gasteiger partial charge is 0.308 e. The lowest BCUT2D eigenvalue weighted by atomic mass is 9.99. The van der Waals surface area contributed by atoms with E-state index >= 15 is 0 Å². The molecule has 0 amide bonds. The van der Waals surface area contributed by atoms with Gasteiger partial charge in [0.2, 0.25) is 0 Å². The van der Waals surface area contributed by atoms with E-state index in [4.69, 9.17) is 5.11 Å². The minimum Gasteiger partial charge on any atom is -0.508 e. The van der Waals surface area contributed by atoms with Crippen molar-refractivity contribution < 1.29 is 19.4 Å². The Hall–Kier alpha value is -1.62. The molecule has 1 aromatic rings. The predicted molar refractivity (Wildman–Crippen MR) is 68.3 cm³/mol. The van der Waals surface area contributed by atoms with Gasteiger partial charge in [-0.2, -0.15) is 0 Å². The molecule has 4 nitrogen and oxygen atoms in total. The number of rotatable bonds is 3. The molecule has 5 heteroatoms. The number of carbonyl (C=O) groups is 1. The summed E-state index contributed by atoms with van der Waals surface area (Å²) >= 11 is 0. The van der Waals surface area contributed by atoms with Crippen LogP contribution >= 0.6 is 0 Å². The summed E-state index contributed by atoms with van der Waals surface area (Å²) < 4.78 is 13.3. The van der Waals surface area contributed by atoms with Crippen molar-refractivity contribution in [1.82, 2.24) is 4.90 Å². The molecular weight excluding hydrogens is 249 g/mol. The van der Waals surface area contributed by atoms with E-state index < -0.39 is 17.7 Å². The van der Waals surface area contributed by atoms with Crippen LogP contribution in [-0.4, -0.2) is 34.2 Å². The van der Waals surface area contributed by atoms with Crippen molar-refractivity contribution in [3.05, 3.63) is 29.6 Å². The van der Waals surface area contributed by atoms with Gasteiger partial charge in [0.1, 0.15) is 11.6 Å². The van der Waals surface area contributed by atoms with Gasteiger partial charge in [0, 0.05) is 24.7 Å². The third-order valence-corrected chi connectivity index (χ3v) is 3.95. The summed E-state index contributed by atoms with van der Waals surface area (Å²) in [6.45, 7) is 4.81. The maximum Gasteiger partial charge on any atom is 0.308 e. The van der Waals surface area contributed by atoms with Crippen LogP contribution in [0.1, 0.15) is 25.5 Å². The summed E-state index contributed by atoms with van der Waals surface area (Å²) in [6, 6.07) is 3.63. The monoisotopic (exact) mass is 267 g/mol. The molecule has 0 spiro atoms. The lowest BCUT2D eigenvalue weighted by molar-refractivity contribution is -0.142. The summed E-state index contributed by atoms with van der Waals surface area (Å²) in [5, 5.41) is 18.9. The van der Waals surface area contributed by atoms with Crippen molar-refractivity contribution in [2.75, 3.05) is 13.1 Å². The molecule has 0 aromatic heterocycles. The van der Waals surface area contributed by atoms with Crippen LogP contribution < -0.4 is 0 Å². The second kappa shape index (κ2) is 5.17. The molecule has 1 saturated heterocycles. The van der Waals surface area contributed by atoms with Crippen LogP contribution in [-0.2, 0) is 4.79 Å². The van der Waals surface area contributed by atoms with E-state index in [9.17, 15) is 14.3 Å². The molecule has 1 aromatic carbocycles. The lowest BCUT2D eigenvalue weighted by Gasteiger charge is -2.25. The second-order valence-electron chi connectivity index (χ2n) is 5.26. The number of likely N-dealkylation sites (tertiary alicyclic amines) is 1. The van der Waals surface area contributed by atoms with Gasteiger partial charge in [-0.15, -0.1) is 0 Å². The standard InChI is InChI=1S/C14H18FNO3/c1-8-6-16(7-12(8)14(18)19)9(2)11-5-10(15)3-4-13(11)17/h3-5,8-9,12,17H,6-7H2,1-2H3,(H,18,19)/t8-,9?,12-/m1/s1. The van der Waals surface area contributed by atoms with Gasteiger partial charge >= 0.3 is 5.97 Å². The van der Waals surface area contributed by atoms with E-state index in [-0.39, 0.29) is 17.7 Å². The fraction of sp³-hybridized carbons (Fsp3) is 0.500. The molecule has 104 valence electrons. The number of phenolic OH excluding ortho intramolecular Hbond substituents is 1. The molecule has 19 heavy (non-hydrogen) atoms. The topological polar surface area (TPSA) is 60.8 Å². The molecule has 2 N–H and O–H groups in total. The number of hydrogen-bond acceptors (Lipinski definition) is 3. The second-order valence-corrected chi connectivity index (χ2v) is 5.26. The first-order valence-corrected chi connectivity index (χ1v) is 6.35. The molecule has 1 heterocycles. The number of hydrogen-bond donors (Lipinski definition) is 2. The first kappa shape index (κ1) is 13.8. The first-order valence-electron chi connectivity index (χ1n) is 6.35. The third kappa shape index (κ3) is 2.71. The number of aliphatic carboxylic acids is 1. The van der Waals surface area contributed by atoms with Crippen molar-refractivity contribution >= 4 is 5.97 Å². The van der Waals surface area contributed by atoms with E-state index in [1.165, 1.54) is 18.2 Å². The van der Waals surface area contributed by atoms with Crippen LogP contribution in [0.4, 0.5) is 4.39 Å². The summed E-state index contributed by atoms with van der Waals surface area (Å²) in [7, 11) is 0. The number of carboxylic acid groups (broad SMARTS) is 1. The van der Waals surface area contributed by atoms with E-state index in [0.29, 0.717) is 18.7 Å². The quantitative estimate of drug-likeness (QED) is 0.881. The normalized spacial score (nSPS) is 25.4. The Morgan fingerprint density at radius 1 is 1.47 bits per heavy atom. The Morgan fingerprint density at radius 2 is 2.16 bits per heavy atom. The minimum absolute atomic E-state index is 0.0420. The number of carboxylic acids is 1. The Labute approximate surface area is 111 Å². The van der Waals surface area contributed by atoms with E-state index in [1.807, 2.05) is 18.7 Å². The molecule has 0 aliphatic carbocycles. The average Bonchev–Trinajstić information content (AvgIpc) is 2.74. The highest BCUT2D eigenvalue weighted by atomic mass is 19.1. The van der Waals surface area contributed by atoms with Crippen LogP contribution in [0.25, 0.3) is 0 Å². The highest BCUT2D eigenvalue weighted by Crippen LogP contribution is 2.34. The maximum absolute atomic E-state index is 13.3. The molecule has 0 bridgehead atoms.